The number of carbonyl (C=O) groups excluding carboxylic acids is 1. The second-order valence-electron chi connectivity index (χ2n) is 4.93. The van der Waals surface area contributed by atoms with Gasteiger partial charge in [0.05, 0.1) is 26.4 Å². The Morgan fingerprint density at radius 3 is 2.57 bits per heavy atom. The number of hydrogen-bond donors (Lipinski definition) is 1. The summed E-state index contributed by atoms with van der Waals surface area (Å²) in [6.45, 7) is 5.72. The number of esters is 1. The highest BCUT2D eigenvalue weighted by Crippen LogP contribution is 2.21. The van der Waals surface area contributed by atoms with Crippen LogP contribution in [0.15, 0.2) is 18.2 Å². The van der Waals surface area contributed by atoms with Crippen molar-refractivity contribution in [2.75, 3.05) is 13.7 Å². The minimum absolute atomic E-state index is 0.0741. The first-order chi connectivity index (χ1) is 10.0. The molecule has 21 heavy (non-hydrogen) atoms. The third-order valence-corrected chi connectivity index (χ3v) is 2.92. The number of aliphatic hydroxyl groups excluding tert-OH is 1. The van der Waals surface area contributed by atoms with Gasteiger partial charge in [-0.15, -0.1) is 0 Å². The van der Waals surface area contributed by atoms with E-state index in [1.807, 2.05) is 26.0 Å². The van der Waals surface area contributed by atoms with Crippen molar-refractivity contribution in [3.8, 4) is 5.75 Å². The summed E-state index contributed by atoms with van der Waals surface area (Å²) in [5, 5.41) is 9.34. The molecule has 0 spiro atoms. The third kappa shape index (κ3) is 5.36. The Bertz CT molecular complexity index is 456. The summed E-state index contributed by atoms with van der Waals surface area (Å²) in [5.74, 6) is 0.256. The summed E-state index contributed by atoms with van der Waals surface area (Å²) in [4.78, 5) is 11.9. The number of aliphatic hydroxyl groups is 1. The summed E-state index contributed by atoms with van der Waals surface area (Å²) in [6.07, 6.45) is -0.326. The summed E-state index contributed by atoms with van der Waals surface area (Å²) in [7, 11) is 1.55. The van der Waals surface area contributed by atoms with E-state index in [1.54, 1.807) is 20.1 Å². The monoisotopic (exact) mass is 296 g/mol. The number of carbonyl (C=O) groups is 1. The van der Waals surface area contributed by atoms with Crippen LogP contribution in [0.2, 0.25) is 0 Å². The molecule has 0 saturated heterocycles. The number of rotatable bonds is 8. The van der Waals surface area contributed by atoms with Gasteiger partial charge in [-0.2, -0.15) is 0 Å². The van der Waals surface area contributed by atoms with E-state index in [-0.39, 0.29) is 18.7 Å². The summed E-state index contributed by atoms with van der Waals surface area (Å²) in [5.41, 5.74) is 1.57. The van der Waals surface area contributed by atoms with E-state index in [4.69, 9.17) is 14.2 Å². The smallest absolute Gasteiger partial charge is 0.335 e. The SMILES string of the molecule is CCOC(=O)C(Cc1ccc(OC)c(CO)c1)OC(C)C. The predicted molar refractivity (Wildman–Crippen MR) is 79.3 cm³/mol. The van der Waals surface area contributed by atoms with Crippen molar-refractivity contribution in [3.63, 3.8) is 0 Å². The summed E-state index contributed by atoms with van der Waals surface area (Å²) < 4.78 is 15.8. The van der Waals surface area contributed by atoms with Crippen LogP contribution < -0.4 is 4.74 Å². The normalized spacial score (nSPS) is 12.3. The minimum atomic E-state index is -0.648. The Morgan fingerprint density at radius 1 is 1.33 bits per heavy atom. The molecule has 118 valence electrons. The van der Waals surface area contributed by atoms with Gasteiger partial charge in [0.1, 0.15) is 5.75 Å². The van der Waals surface area contributed by atoms with E-state index in [0.717, 1.165) is 5.56 Å². The first-order valence-corrected chi connectivity index (χ1v) is 7.10. The molecule has 0 amide bonds. The molecular formula is C16H24O5. The fourth-order valence-electron chi connectivity index (χ4n) is 2.05. The molecule has 0 heterocycles. The van der Waals surface area contributed by atoms with Crippen molar-refractivity contribution in [1.29, 1.82) is 0 Å². The number of methoxy groups -OCH3 is 1. The molecule has 1 atom stereocenters. The topological polar surface area (TPSA) is 65.0 Å². The molecule has 0 saturated carbocycles. The van der Waals surface area contributed by atoms with Crippen LogP contribution >= 0.6 is 0 Å². The number of hydrogen-bond acceptors (Lipinski definition) is 5. The maximum Gasteiger partial charge on any atom is 0.335 e. The first-order valence-electron chi connectivity index (χ1n) is 7.10. The quantitative estimate of drug-likeness (QED) is 0.744. The maximum absolute atomic E-state index is 11.9. The lowest BCUT2D eigenvalue weighted by Gasteiger charge is -2.19. The Labute approximate surface area is 125 Å². The molecule has 0 fully saturated rings. The van der Waals surface area contributed by atoms with E-state index in [1.165, 1.54) is 0 Å². The Hall–Kier alpha value is -1.59. The zero-order valence-corrected chi connectivity index (χ0v) is 13.1. The zero-order valence-electron chi connectivity index (χ0n) is 13.1. The molecule has 5 nitrogen and oxygen atoms in total. The van der Waals surface area contributed by atoms with E-state index >= 15 is 0 Å². The minimum Gasteiger partial charge on any atom is -0.496 e. The molecule has 0 bridgehead atoms. The van der Waals surface area contributed by atoms with Gasteiger partial charge < -0.3 is 19.3 Å². The van der Waals surface area contributed by atoms with Gasteiger partial charge in [0.25, 0.3) is 0 Å². The average Bonchev–Trinajstić information content (AvgIpc) is 2.46. The third-order valence-electron chi connectivity index (χ3n) is 2.92. The standard InChI is InChI=1S/C16H24O5/c1-5-20-16(18)15(21-11(2)3)9-12-6-7-14(19-4)13(8-12)10-17/h6-8,11,15,17H,5,9-10H2,1-4H3. The maximum atomic E-state index is 11.9. The van der Waals surface area contributed by atoms with Crippen LogP contribution in [0.5, 0.6) is 5.75 Å². The molecule has 0 aliphatic heterocycles. The molecule has 0 aromatic heterocycles. The molecule has 1 aromatic carbocycles. The van der Waals surface area contributed by atoms with Crippen LogP contribution in [-0.2, 0) is 27.3 Å². The summed E-state index contributed by atoms with van der Waals surface area (Å²) >= 11 is 0. The van der Waals surface area contributed by atoms with Gasteiger partial charge in [0, 0.05) is 12.0 Å². The van der Waals surface area contributed by atoms with Crippen LogP contribution in [0.25, 0.3) is 0 Å². The van der Waals surface area contributed by atoms with Gasteiger partial charge in [-0.1, -0.05) is 6.07 Å². The van der Waals surface area contributed by atoms with Gasteiger partial charge in [-0.05, 0) is 38.5 Å². The van der Waals surface area contributed by atoms with Gasteiger partial charge in [-0.25, -0.2) is 4.79 Å². The van der Waals surface area contributed by atoms with E-state index in [0.29, 0.717) is 24.3 Å². The van der Waals surface area contributed by atoms with Crippen molar-refractivity contribution >= 4 is 5.97 Å². The lowest BCUT2D eigenvalue weighted by molar-refractivity contribution is -0.159. The van der Waals surface area contributed by atoms with E-state index in [2.05, 4.69) is 0 Å². The second-order valence-corrected chi connectivity index (χ2v) is 4.93. The molecule has 1 N–H and O–H groups in total. The Kier molecular flexibility index (Phi) is 7.19. The van der Waals surface area contributed by atoms with Gasteiger partial charge >= 0.3 is 5.97 Å². The highest BCUT2D eigenvalue weighted by atomic mass is 16.6. The van der Waals surface area contributed by atoms with Crippen molar-refractivity contribution in [1.82, 2.24) is 0 Å². The highest BCUT2D eigenvalue weighted by Gasteiger charge is 2.22. The Morgan fingerprint density at radius 2 is 2.05 bits per heavy atom. The molecule has 1 rings (SSSR count). The van der Waals surface area contributed by atoms with Crippen LogP contribution in [0.3, 0.4) is 0 Å². The van der Waals surface area contributed by atoms with Crippen LogP contribution in [-0.4, -0.2) is 37.0 Å². The zero-order chi connectivity index (χ0) is 15.8. The first kappa shape index (κ1) is 17.5. The molecule has 0 aliphatic rings. The van der Waals surface area contributed by atoms with Crippen molar-refractivity contribution < 1.29 is 24.1 Å². The van der Waals surface area contributed by atoms with Crippen LogP contribution in [0.4, 0.5) is 0 Å². The van der Waals surface area contributed by atoms with Crippen LogP contribution in [0.1, 0.15) is 31.9 Å². The van der Waals surface area contributed by atoms with Crippen molar-refractivity contribution in [3.05, 3.63) is 29.3 Å². The van der Waals surface area contributed by atoms with E-state index < -0.39 is 6.10 Å². The van der Waals surface area contributed by atoms with E-state index in [9.17, 15) is 9.90 Å². The van der Waals surface area contributed by atoms with Gasteiger partial charge in [0.15, 0.2) is 6.10 Å². The predicted octanol–water partition coefficient (Wildman–Crippen LogP) is 2.09. The van der Waals surface area contributed by atoms with Crippen molar-refractivity contribution in [2.45, 2.75) is 46.0 Å². The lowest BCUT2D eigenvalue weighted by Crippen LogP contribution is -2.31. The molecule has 1 unspecified atom stereocenters. The average molecular weight is 296 g/mol. The second kappa shape index (κ2) is 8.64. The largest absolute Gasteiger partial charge is 0.496 e. The fourth-order valence-corrected chi connectivity index (χ4v) is 2.05. The number of ether oxygens (including phenoxy) is 3. The van der Waals surface area contributed by atoms with Crippen LogP contribution in [0, 0.1) is 0 Å². The Balaban J connectivity index is 2.89. The molecule has 5 heteroatoms. The number of benzene rings is 1. The molecular weight excluding hydrogens is 272 g/mol. The fraction of sp³-hybridized carbons (Fsp3) is 0.562. The van der Waals surface area contributed by atoms with Gasteiger partial charge in [-0.3, -0.25) is 0 Å². The summed E-state index contributed by atoms with van der Waals surface area (Å²) in [6, 6.07) is 5.45. The molecule has 0 aliphatic carbocycles. The lowest BCUT2D eigenvalue weighted by atomic mass is 10.0. The van der Waals surface area contributed by atoms with Gasteiger partial charge in [0.2, 0.25) is 0 Å². The highest BCUT2D eigenvalue weighted by molar-refractivity contribution is 5.75. The molecule has 1 aromatic rings. The van der Waals surface area contributed by atoms with Crippen molar-refractivity contribution in [2.24, 2.45) is 0 Å². The molecule has 0 radical (unpaired) electrons.